The van der Waals surface area contributed by atoms with Gasteiger partial charge in [-0.3, -0.25) is 0 Å². The third kappa shape index (κ3) is 3.53. The van der Waals surface area contributed by atoms with Crippen LogP contribution in [0.2, 0.25) is 0 Å². The van der Waals surface area contributed by atoms with E-state index >= 15 is 0 Å². The molecule has 4 heteroatoms. The molecule has 2 aromatic rings. The Morgan fingerprint density at radius 3 is 2.21 bits per heavy atom. The number of halogens is 3. The van der Waals surface area contributed by atoms with E-state index in [0.717, 1.165) is 37.1 Å². The van der Waals surface area contributed by atoms with Gasteiger partial charge in [0.25, 0.3) is 0 Å². The SMILES string of the molecule is Cc1cc(Oc2ccc(CCl)cc2Br)cc(C)c1Br. The highest BCUT2D eigenvalue weighted by molar-refractivity contribution is 9.10. The lowest BCUT2D eigenvalue weighted by atomic mass is 10.1. The minimum Gasteiger partial charge on any atom is -0.456 e. The van der Waals surface area contributed by atoms with Gasteiger partial charge in [-0.05, 0) is 70.7 Å². The molecule has 19 heavy (non-hydrogen) atoms. The van der Waals surface area contributed by atoms with Crippen molar-refractivity contribution in [3.63, 3.8) is 0 Å². The Labute approximate surface area is 135 Å². The Kier molecular flexibility index (Phi) is 4.93. The van der Waals surface area contributed by atoms with Gasteiger partial charge in [-0.1, -0.05) is 22.0 Å². The van der Waals surface area contributed by atoms with Crippen LogP contribution in [0.4, 0.5) is 0 Å². The summed E-state index contributed by atoms with van der Waals surface area (Å²) in [5.41, 5.74) is 3.37. The number of benzene rings is 2. The van der Waals surface area contributed by atoms with Crippen molar-refractivity contribution in [1.29, 1.82) is 0 Å². The molecule has 0 spiro atoms. The number of alkyl halides is 1. The largest absolute Gasteiger partial charge is 0.456 e. The van der Waals surface area contributed by atoms with Crippen molar-refractivity contribution in [2.45, 2.75) is 19.7 Å². The van der Waals surface area contributed by atoms with Crippen LogP contribution in [0.3, 0.4) is 0 Å². The predicted molar refractivity (Wildman–Crippen MR) is 87.4 cm³/mol. The molecule has 0 fully saturated rings. The maximum atomic E-state index is 5.91. The fraction of sp³-hybridized carbons (Fsp3) is 0.200. The van der Waals surface area contributed by atoms with Crippen LogP contribution in [0.15, 0.2) is 39.3 Å². The number of hydrogen-bond donors (Lipinski definition) is 0. The average molecular weight is 405 g/mol. The zero-order valence-electron chi connectivity index (χ0n) is 10.6. The van der Waals surface area contributed by atoms with Crippen molar-refractivity contribution in [2.75, 3.05) is 0 Å². The summed E-state index contributed by atoms with van der Waals surface area (Å²) in [6, 6.07) is 9.89. The van der Waals surface area contributed by atoms with Crippen LogP contribution in [0.25, 0.3) is 0 Å². The van der Waals surface area contributed by atoms with Gasteiger partial charge in [0.2, 0.25) is 0 Å². The molecule has 0 unspecified atom stereocenters. The van der Waals surface area contributed by atoms with E-state index in [9.17, 15) is 0 Å². The number of aryl methyl sites for hydroxylation is 2. The molecule has 0 aromatic heterocycles. The maximum Gasteiger partial charge on any atom is 0.141 e. The quantitative estimate of drug-likeness (QED) is 0.541. The normalized spacial score (nSPS) is 10.6. The second-order valence-electron chi connectivity index (χ2n) is 4.37. The zero-order chi connectivity index (χ0) is 14.0. The molecule has 2 aromatic carbocycles. The lowest BCUT2D eigenvalue weighted by Gasteiger charge is -2.11. The van der Waals surface area contributed by atoms with Crippen LogP contribution >= 0.6 is 43.5 Å². The van der Waals surface area contributed by atoms with Gasteiger partial charge < -0.3 is 4.74 Å². The molecule has 0 heterocycles. The Bertz CT molecular complexity index is 588. The van der Waals surface area contributed by atoms with E-state index in [0.29, 0.717) is 5.88 Å². The fourth-order valence-corrected chi connectivity index (χ4v) is 2.70. The molecule has 2 rings (SSSR count). The van der Waals surface area contributed by atoms with Crippen LogP contribution in [0, 0.1) is 13.8 Å². The molecule has 0 N–H and O–H groups in total. The second kappa shape index (κ2) is 6.29. The van der Waals surface area contributed by atoms with Gasteiger partial charge in [0.1, 0.15) is 11.5 Å². The first-order valence-corrected chi connectivity index (χ1v) is 7.92. The first-order valence-electron chi connectivity index (χ1n) is 5.80. The molecule has 0 atom stereocenters. The van der Waals surface area contributed by atoms with Crippen molar-refractivity contribution in [3.8, 4) is 11.5 Å². The summed E-state index contributed by atoms with van der Waals surface area (Å²) >= 11 is 12.9. The van der Waals surface area contributed by atoms with Crippen LogP contribution < -0.4 is 4.74 Å². The molecule has 100 valence electrons. The van der Waals surface area contributed by atoms with Gasteiger partial charge in [-0.2, -0.15) is 0 Å². The molecule has 0 aliphatic carbocycles. The van der Waals surface area contributed by atoms with E-state index < -0.39 is 0 Å². The molecule has 0 amide bonds. The standard InChI is InChI=1S/C15H13Br2ClO/c1-9-5-12(6-10(2)15(9)17)19-14-4-3-11(8-18)7-13(14)16/h3-7H,8H2,1-2H3. The number of hydrogen-bond acceptors (Lipinski definition) is 1. The highest BCUT2D eigenvalue weighted by Gasteiger charge is 2.07. The summed E-state index contributed by atoms with van der Waals surface area (Å²) in [6.07, 6.45) is 0. The summed E-state index contributed by atoms with van der Waals surface area (Å²) < 4.78 is 7.94. The van der Waals surface area contributed by atoms with Crippen molar-refractivity contribution in [1.82, 2.24) is 0 Å². The van der Waals surface area contributed by atoms with Gasteiger partial charge in [-0.15, -0.1) is 11.6 Å². The monoisotopic (exact) mass is 402 g/mol. The molecule has 0 saturated heterocycles. The topological polar surface area (TPSA) is 9.23 Å². The summed E-state index contributed by atoms with van der Waals surface area (Å²) in [5, 5.41) is 0. The molecule has 0 aliphatic rings. The minimum atomic E-state index is 0.495. The van der Waals surface area contributed by atoms with Crippen molar-refractivity contribution >= 4 is 43.5 Å². The molecule has 1 nitrogen and oxygen atoms in total. The number of ether oxygens (including phenoxy) is 1. The smallest absolute Gasteiger partial charge is 0.141 e. The third-order valence-electron chi connectivity index (χ3n) is 2.79. The van der Waals surface area contributed by atoms with E-state index in [2.05, 4.69) is 45.7 Å². The van der Waals surface area contributed by atoms with Crippen molar-refractivity contribution in [3.05, 3.63) is 56.0 Å². The summed E-state index contributed by atoms with van der Waals surface area (Å²) in [5.74, 6) is 2.11. The molecular weight excluding hydrogens is 391 g/mol. The van der Waals surface area contributed by atoms with E-state index in [1.807, 2.05) is 30.3 Å². The van der Waals surface area contributed by atoms with E-state index in [4.69, 9.17) is 16.3 Å². The van der Waals surface area contributed by atoms with Gasteiger partial charge in [-0.25, -0.2) is 0 Å². The second-order valence-corrected chi connectivity index (χ2v) is 6.29. The average Bonchev–Trinajstić information content (AvgIpc) is 2.38. The Morgan fingerprint density at radius 2 is 1.68 bits per heavy atom. The van der Waals surface area contributed by atoms with Crippen LogP contribution in [-0.4, -0.2) is 0 Å². The van der Waals surface area contributed by atoms with Crippen molar-refractivity contribution in [2.24, 2.45) is 0 Å². The molecule has 0 saturated carbocycles. The van der Waals surface area contributed by atoms with E-state index in [1.54, 1.807) is 0 Å². The maximum absolute atomic E-state index is 5.91. The highest BCUT2D eigenvalue weighted by atomic mass is 79.9. The van der Waals surface area contributed by atoms with Crippen LogP contribution in [0.1, 0.15) is 16.7 Å². The predicted octanol–water partition coefficient (Wildman–Crippen LogP) is 6.36. The summed E-state index contributed by atoms with van der Waals surface area (Å²) in [4.78, 5) is 0. The van der Waals surface area contributed by atoms with Gasteiger partial charge >= 0.3 is 0 Å². The third-order valence-corrected chi connectivity index (χ3v) is 4.97. The summed E-state index contributed by atoms with van der Waals surface area (Å²) in [6.45, 7) is 4.10. The van der Waals surface area contributed by atoms with Gasteiger partial charge in [0, 0.05) is 10.4 Å². The van der Waals surface area contributed by atoms with E-state index in [1.165, 1.54) is 0 Å². The zero-order valence-corrected chi connectivity index (χ0v) is 14.6. The first-order chi connectivity index (χ1) is 9.01. The van der Waals surface area contributed by atoms with Gasteiger partial charge in [0.15, 0.2) is 0 Å². The molecule has 0 aliphatic heterocycles. The highest BCUT2D eigenvalue weighted by Crippen LogP contribution is 2.33. The van der Waals surface area contributed by atoms with Gasteiger partial charge in [0.05, 0.1) is 4.47 Å². The fourth-order valence-electron chi connectivity index (χ4n) is 1.80. The summed E-state index contributed by atoms with van der Waals surface area (Å²) in [7, 11) is 0. The number of rotatable bonds is 3. The lowest BCUT2D eigenvalue weighted by Crippen LogP contribution is -1.90. The Hall–Kier alpha value is -0.510. The van der Waals surface area contributed by atoms with E-state index in [-0.39, 0.29) is 0 Å². The van der Waals surface area contributed by atoms with Crippen LogP contribution in [-0.2, 0) is 5.88 Å². The van der Waals surface area contributed by atoms with Crippen molar-refractivity contribution < 1.29 is 4.74 Å². The first kappa shape index (κ1) is 14.9. The van der Waals surface area contributed by atoms with Crippen LogP contribution in [0.5, 0.6) is 11.5 Å². The minimum absolute atomic E-state index is 0.495. The molecule has 0 radical (unpaired) electrons. The molecular formula is C15H13Br2ClO. The Morgan fingerprint density at radius 1 is 1.05 bits per heavy atom. The Balaban J connectivity index is 2.31. The lowest BCUT2D eigenvalue weighted by molar-refractivity contribution is 0.478. The molecule has 0 bridgehead atoms.